The molecule has 0 aromatic carbocycles. The Kier molecular flexibility index (Phi) is 2.41. The third kappa shape index (κ3) is 1.55. The molecule has 2 heterocycles. The molecule has 0 fully saturated rings. The fraction of sp³-hybridized carbons (Fsp3) is 0.100. The molecular weight excluding hydrogens is 210 g/mol. The zero-order chi connectivity index (χ0) is 11.7. The zero-order valence-corrected chi connectivity index (χ0v) is 8.25. The Balaban J connectivity index is 2.89. The molecule has 0 aliphatic carbocycles. The predicted molar refractivity (Wildman–Crippen MR) is 56.3 cm³/mol. The Labute approximate surface area is 90.0 Å². The van der Waals surface area contributed by atoms with Gasteiger partial charge in [0.15, 0.2) is 0 Å². The first kappa shape index (κ1) is 10.3. The van der Waals surface area contributed by atoms with Gasteiger partial charge in [0.1, 0.15) is 11.3 Å². The SMILES string of the molecule is NCc1cc(=O)n2c(C(=O)O)cccc2n1. The van der Waals surface area contributed by atoms with E-state index in [0.717, 1.165) is 4.40 Å². The van der Waals surface area contributed by atoms with E-state index < -0.39 is 11.5 Å². The molecule has 0 unspecified atom stereocenters. The average Bonchev–Trinajstić information content (AvgIpc) is 2.27. The Morgan fingerprint density at radius 3 is 2.88 bits per heavy atom. The molecular formula is C10H9N3O3. The lowest BCUT2D eigenvalue weighted by Gasteiger charge is -2.05. The summed E-state index contributed by atoms with van der Waals surface area (Å²) in [5.74, 6) is -1.17. The van der Waals surface area contributed by atoms with E-state index in [0.29, 0.717) is 5.69 Å². The topological polar surface area (TPSA) is 97.7 Å². The molecule has 3 N–H and O–H groups in total. The highest BCUT2D eigenvalue weighted by Gasteiger charge is 2.10. The van der Waals surface area contributed by atoms with Crippen LogP contribution in [0.15, 0.2) is 29.1 Å². The summed E-state index contributed by atoms with van der Waals surface area (Å²) in [4.78, 5) is 26.7. The molecule has 0 amide bonds. The van der Waals surface area contributed by atoms with E-state index in [1.54, 1.807) is 6.07 Å². The highest BCUT2D eigenvalue weighted by Crippen LogP contribution is 2.03. The molecule has 2 aromatic rings. The van der Waals surface area contributed by atoms with Crippen LogP contribution in [0.1, 0.15) is 16.2 Å². The summed E-state index contributed by atoms with van der Waals surface area (Å²) in [6.45, 7) is 0.142. The number of hydrogen-bond donors (Lipinski definition) is 2. The second-order valence-electron chi connectivity index (χ2n) is 3.20. The number of nitrogens with two attached hydrogens (primary N) is 1. The number of aromatic carboxylic acids is 1. The van der Waals surface area contributed by atoms with Crippen molar-refractivity contribution in [2.24, 2.45) is 5.73 Å². The molecule has 0 aliphatic heterocycles. The van der Waals surface area contributed by atoms with Gasteiger partial charge in [-0.15, -0.1) is 0 Å². The van der Waals surface area contributed by atoms with Gasteiger partial charge in [-0.1, -0.05) is 6.07 Å². The van der Waals surface area contributed by atoms with Gasteiger partial charge >= 0.3 is 5.97 Å². The monoisotopic (exact) mass is 219 g/mol. The van der Waals surface area contributed by atoms with Crippen LogP contribution in [0.25, 0.3) is 5.65 Å². The first-order chi connectivity index (χ1) is 7.63. The smallest absolute Gasteiger partial charge is 0.353 e. The van der Waals surface area contributed by atoms with Crippen LogP contribution >= 0.6 is 0 Å². The zero-order valence-electron chi connectivity index (χ0n) is 8.25. The normalized spacial score (nSPS) is 10.6. The van der Waals surface area contributed by atoms with Crippen LogP contribution in [-0.4, -0.2) is 20.5 Å². The second-order valence-corrected chi connectivity index (χ2v) is 3.20. The first-order valence-corrected chi connectivity index (χ1v) is 4.58. The third-order valence-corrected chi connectivity index (χ3v) is 2.17. The Bertz CT molecular complexity index is 618. The number of fused-ring (bicyclic) bond motifs is 1. The molecule has 6 heteroatoms. The van der Waals surface area contributed by atoms with E-state index in [4.69, 9.17) is 10.8 Å². The minimum atomic E-state index is -1.17. The van der Waals surface area contributed by atoms with Crippen molar-refractivity contribution >= 4 is 11.6 Å². The molecule has 0 saturated carbocycles. The minimum absolute atomic E-state index is 0.112. The van der Waals surface area contributed by atoms with Gasteiger partial charge in [0.05, 0.1) is 5.69 Å². The molecule has 6 nitrogen and oxygen atoms in total. The van der Waals surface area contributed by atoms with E-state index in [9.17, 15) is 9.59 Å². The maximum Gasteiger partial charge on any atom is 0.353 e. The Hall–Kier alpha value is -2.21. The highest BCUT2D eigenvalue weighted by molar-refractivity contribution is 5.86. The summed E-state index contributed by atoms with van der Waals surface area (Å²) in [5, 5.41) is 8.92. The van der Waals surface area contributed by atoms with E-state index >= 15 is 0 Å². The first-order valence-electron chi connectivity index (χ1n) is 4.58. The minimum Gasteiger partial charge on any atom is -0.477 e. The van der Waals surface area contributed by atoms with Crippen LogP contribution in [0.5, 0.6) is 0 Å². The Morgan fingerprint density at radius 2 is 2.25 bits per heavy atom. The van der Waals surface area contributed by atoms with Crippen molar-refractivity contribution in [3.05, 3.63) is 46.0 Å². The lowest BCUT2D eigenvalue weighted by molar-refractivity contribution is 0.0688. The fourth-order valence-electron chi connectivity index (χ4n) is 1.47. The standard InChI is InChI=1S/C10H9N3O3/c11-5-6-4-9(14)13-7(10(15)16)2-1-3-8(13)12-6/h1-4H,5,11H2,(H,15,16). The van der Waals surface area contributed by atoms with E-state index in [-0.39, 0.29) is 17.9 Å². The van der Waals surface area contributed by atoms with E-state index in [1.165, 1.54) is 18.2 Å². The van der Waals surface area contributed by atoms with Crippen LogP contribution in [0.4, 0.5) is 0 Å². The van der Waals surface area contributed by atoms with Crippen LogP contribution in [0, 0.1) is 0 Å². The maximum atomic E-state index is 11.7. The number of rotatable bonds is 2. The molecule has 0 saturated heterocycles. The summed E-state index contributed by atoms with van der Waals surface area (Å²) in [5.41, 5.74) is 5.55. The third-order valence-electron chi connectivity index (χ3n) is 2.17. The number of pyridine rings is 1. The quantitative estimate of drug-likeness (QED) is 0.732. The van der Waals surface area contributed by atoms with Crippen LogP contribution < -0.4 is 11.3 Å². The average molecular weight is 219 g/mol. The van der Waals surface area contributed by atoms with Gasteiger partial charge in [-0.25, -0.2) is 9.78 Å². The van der Waals surface area contributed by atoms with Crippen molar-refractivity contribution in [1.29, 1.82) is 0 Å². The van der Waals surface area contributed by atoms with Gasteiger partial charge in [0.25, 0.3) is 5.56 Å². The van der Waals surface area contributed by atoms with Gasteiger partial charge in [-0.2, -0.15) is 0 Å². The maximum absolute atomic E-state index is 11.7. The number of carboxylic acids is 1. The number of carbonyl (C=O) groups is 1. The molecule has 0 atom stereocenters. The molecule has 16 heavy (non-hydrogen) atoms. The largest absolute Gasteiger partial charge is 0.477 e. The van der Waals surface area contributed by atoms with Crippen molar-refractivity contribution < 1.29 is 9.90 Å². The second kappa shape index (κ2) is 3.74. The van der Waals surface area contributed by atoms with Crippen LogP contribution in [-0.2, 0) is 6.54 Å². The molecule has 0 aliphatic rings. The van der Waals surface area contributed by atoms with Crippen molar-refractivity contribution in [1.82, 2.24) is 9.38 Å². The molecule has 2 rings (SSSR count). The van der Waals surface area contributed by atoms with Crippen LogP contribution in [0.2, 0.25) is 0 Å². The van der Waals surface area contributed by atoms with Crippen molar-refractivity contribution in [2.75, 3.05) is 0 Å². The summed E-state index contributed by atoms with van der Waals surface area (Å²) < 4.78 is 1.04. The molecule has 2 aromatic heterocycles. The van der Waals surface area contributed by atoms with Gasteiger partial charge < -0.3 is 10.8 Å². The number of aromatic nitrogens is 2. The van der Waals surface area contributed by atoms with Crippen molar-refractivity contribution in [2.45, 2.75) is 6.54 Å². The van der Waals surface area contributed by atoms with Crippen molar-refractivity contribution in [3.8, 4) is 0 Å². The lowest BCUT2D eigenvalue weighted by Crippen LogP contribution is -2.22. The molecule has 0 spiro atoms. The van der Waals surface area contributed by atoms with Gasteiger partial charge in [-0.3, -0.25) is 9.20 Å². The van der Waals surface area contributed by atoms with E-state index in [1.807, 2.05) is 0 Å². The number of carboxylic acid groups (broad SMARTS) is 1. The van der Waals surface area contributed by atoms with Gasteiger partial charge in [0, 0.05) is 12.6 Å². The predicted octanol–water partition coefficient (Wildman–Crippen LogP) is -0.149. The molecule has 0 bridgehead atoms. The van der Waals surface area contributed by atoms with Crippen molar-refractivity contribution in [3.63, 3.8) is 0 Å². The lowest BCUT2D eigenvalue weighted by atomic mass is 10.3. The molecule has 82 valence electrons. The summed E-state index contributed by atoms with van der Waals surface area (Å²) in [7, 11) is 0. The van der Waals surface area contributed by atoms with Crippen LogP contribution in [0.3, 0.4) is 0 Å². The summed E-state index contributed by atoms with van der Waals surface area (Å²) in [6.07, 6.45) is 0. The summed E-state index contributed by atoms with van der Waals surface area (Å²) >= 11 is 0. The van der Waals surface area contributed by atoms with E-state index in [2.05, 4.69) is 4.98 Å². The van der Waals surface area contributed by atoms with Gasteiger partial charge in [0.2, 0.25) is 0 Å². The van der Waals surface area contributed by atoms with Gasteiger partial charge in [-0.05, 0) is 12.1 Å². The number of nitrogens with zero attached hydrogens (tertiary/aromatic N) is 2. The molecule has 0 radical (unpaired) electrons. The Morgan fingerprint density at radius 1 is 1.50 bits per heavy atom. The number of hydrogen-bond acceptors (Lipinski definition) is 4. The highest BCUT2D eigenvalue weighted by atomic mass is 16.4. The summed E-state index contributed by atoms with van der Waals surface area (Å²) in [6, 6.07) is 5.68. The fourth-order valence-corrected chi connectivity index (χ4v) is 1.47.